The van der Waals surface area contributed by atoms with Crippen molar-refractivity contribution in [2.45, 2.75) is 127 Å². The fourth-order valence-corrected chi connectivity index (χ4v) is 9.04. The summed E-state index contributed by atoms with van der Waals surface area (Å²) >= 11 is 2.27. The summed E-state index contributed by atoms with van der Waals surface area (Å²) in [5.74, 6) is -2.18. The Morgan fingerprint density at radius 2 is 1.67 bits per heavy atom. The molecule has 12 heteroatoms. The zero-order valence-corrected chi connectivity index (χ0v) is 32.1. The number of likely N-dealkylation sites (N-methyl/N-ethyl adjacent to an activating group) is 1. The Morgan fingerprint density at radius 3 is 2.33 bits per heavy atom. The van der Waals surface area contributed by atoms with Crippen molar-refractivity contribution < 1.29 is 38.5 Å². The molecule has 1 saturated carbocycles. The Morgan fingerprint density at radius 1 is 1.00 bits per heavy atom. The molecular formula is C39H52IN3O8. The maximum atomic E-state index is 15.4. The van der Waals surface area contributed by atoms with E-state index in [1.807, 2.05) is 54.6 Å². The lowest BCUT2D eigenvalue weighted by Crippen LogP contribution is -2.70. The van der Waals surface area contributed by atoms with E-state index in [0.717, 1.165) is 53.2 Å². The quantitative estimate of drug-likeness (QED) is 0.130. The fourth-order valence-electron chi connectivity index (χ4n) is 8.48. The summed E-state index contributed by atoms with van der Waals surface area (Å²) in [5.41, 5.74) is 0.412. The summed E-state index contributed by atoms with van der Waals surface area (Å²) in [5, 5.41) is 13.9. The van der Waals surface area contributed by atoms with Crippen LogP contribution < -0.4 is 5.32 Å². The summed E-state index contributed by atoms with van der Waals surface area (Å²) in [4.78, 5) is 51.7. The van der Waals surface area contributed by atoms with Crippen molar-refractivity contribution in [2.75, 3.05) is 20.2 Å². The van der Waals surface area contributed by atoms with E-state index in [4.69, 9.17) is 19.0 Å². The molecule has 0 aromatic heterocycles. The van der Waals surface area contributed by atoms with Gasteiger partial charge in [-0.2, -0.15) is 5.06 Å². The highest BCUT2D eigenvalue weighted by atomic mass is 127. The van der Waals surface area contributed by atoms with Crippen LogP contribution in [-0.2, 0) is 46.4 Å². The van der Waals surface area contributed by atoms with Gasteiger partial charge in [-0.3, -0.25) is 19.2 Å². The molecule has 11 nitrogen and oxygen atoms in total. The standard InChI is InChI=1S/C39H52IN3O8/c1-4-6-13-19-38(20-14-7-5-2)49-31-30-24-39(37(47)42(3)29(35(45)41-21-22-44)23-26-15-9-8-10-16-26)33(36(46)48-30)43(51-34(39)32(31)50-38)25-27-17-11-12-18-28(27)40/h8-12,15-18,29-34,44H,4-7,13-14,19-25H2,1-3H3,(H,41,45)/t29-,30?,31+,32+,33+,34-,39?/m1/s1. The minimum absolute atomic E-state index is 0.0522. The third-order valence-electron chi connectivity index (χ3n) is 11.0. The van der Waals surface area contributed by atoms with Gasteiger partial charge in [0, 0.05) is 42.8 Å². The number of nitrogens with one attached hydrogen (secondary N) is 1. The predicted octanol–water partition coefficient (Wildman–Crippen LogP) is 4.91. The number of aliphatic hydroxyl groups is 1. The second-order valence-corrected chi connectivity index (χ2v) is 15.6. The molecule has 4 fully saturated rings. The number of benzene rings is 2. The van der Waals surface area contributed by atoms with Gasteiger partial charge in [0.15, 0.2) is 11.8 Å². The van der Waals surface area contributed by atoms with Crippen LogP contribution in [0, 0.1) is 8.99 Å². The predicted molar refractivity (Wildman–Crippen MR) is 198 cm³/mol. The first-order valence-corrected chi connectivity index (χ1v) is 19.7. The molecule has 0 radical (unpaired) electrons. The zero-order valence-electron chi connectivity index (χ0n) is 29.9. The van der Waals surface area contributed by atoms with E-state index in [1.165, 1.54) is 4.90 Å². The van der Waals surface area contributed by atoms with Crippen LogP contribution in [-0.4, -0.2) is 95.3 Å². The van der Waals surface area contributed by atoms with Crippen LogP contribution in [0.3, 0.4) is 0 Å². The van der Waals surface area contributed by atoms with Gasteiger partial charge in [0.25, 0.3) is 0 Å². The number of carbonyl (C=O) groups excluding carboxylic acids is 3. The largest absolute Gasteiger partial charge is 0.458 e. The zero-order chi connectivity index (χ0) is 36.2. The minimum atomic E-state index is -1.41. The lowest BCUT2D eigenvalue weighted by Gasteiger charge is -2.50. The number of carbonyl (C=O) groups is 3. The van der Waals surface area contributed by atoms with Gasteiger partial charge in [0.05, 0.1) is 13.2 Å². The summed E-state index contributed by atoms with van der Waals surface area (Å²) in [6.07, 6.45) is 5.02. The molecule has 2 unspecified atom stereocenters. The number of amides is 2. The van der Waals surface area contributed by atoms with Crippen LogP contribution >= 0.6 is 22.6 Å². The van der Waals surface area contributed by atoms with Crippen LogP contribution in [0.1, 0.15) is 82.8 Å². The molecule has 6 rings (SSSR count). The van der Waals surface area contributed by atoms with E-state index in [9.17, 15) is 14.7 Å². The van der Waals surface area contributed by atoms with Gasteiger partial charge in [-0.05, 0) is 52.6 Å². The first kappa shape index (κ1) is 38.1. The molecule has 2 bridgehead atoms. The third-order valence-corrected chi connectivity index (χ3v) is 12.1. The van der Waals surface area contributed by atoms with Crippen LogP contribution in [0.5, 0.6) is 0 Å². The van der Waals surface area contributed by atoms with Gasteiger partial charge in [0.2, 0.25) is 11.8 Å². The van der Waals surface area contributed by atoms with Crippen LogP contribution in [0.2, 0.25) is 0 Å². The average molecular weight is 818 g/mol. The van der Waals surface area contributed by atoms with Crippen molar-refractivity contribution in [2.24, 2.45) is 5.41 Å². The number of nitrogens with zero attached hydrogens (tertiary/aromatic N) is 2. The lowest BCUT2D eigenvalue weighted by molar-refractivity contribution is -0.225. The van der Waals surface area contributed by atoms with E-state index < -0.39 is 53.7 Å². The van der Waals surface area contributed by atoms with E-state index in [2.05, 4.69) is 41.8 Å². The summed E-state index contributed by atoms with van der Waals surface area (Å²) < 4.78 is 21.1. The highest BCUT2D eigenvalue weighted by molar-refractivity contribution is 14.1. The molecule has 51 heavy (non-hydrogen) atoms. The molecule has 2 aromatic carbocycles. The van der Waals surface area contributed by atoms with Gasteiger partial charge in [-0.25, -0.2) is 0 Å². The van der Waals surface area contributed by atoms with E-state index >= 15 is 4.79 Å². The number of unbranched alkanes of at least 4 members (excludes halogenated alkanes) is 4. The summed E-state index contributed by atoms with van der Waals surface area (Å²) in [7, 11) is 1.62. The topological polar surface area (TPSA) is 127 Å². The molecule has 2 aromatic rings. The molecule has 2 amide bonds. The van der Waals surface area contributed by atoms with Crippen molar-refractivity contribution in [1.82, 2.24) is 15.3 Å². The molecule has 2 N–H and O–H groups in total. The number of aliphatic hydroxyl groups excluding tert-OH is 1. The number of ether oxygens (including phenoxy) is 3. The number of halogens is 1. The Bertz CT molecular complexity index is 1520. The Kier molecular flexibility index (Phi) is 12.4. The monoisotopic (exact) mass is 817 g/mol. The van der Waals surface area contributed by atoms with Crippen LogP contribution in [0.25, 0.3) is 0 Å². The number of hydrogen-bond donors (Lipinski definition) is 2. The van der Waals surface area contributed by atoms with Crippen molar-refractivity contribution in [3.05, 3.63) is 69.3 Å². The number of fused-ring (bicyclic) bond motifs is 4. The van der Waals surface area contributed by atoms with Crippen molar-refractivity contribution in [3.63, 3.8) is 0 Å². The Hall–Kier alpha value is -2.62. The maximum absolute atomic E-state index is 15.4. The molecule has 3 heterocycles. The minimum Gasteiger partial charge on any atom is -0.458 e. The normalized spacial score (nSPS) is 28.2. The average Bonchev–Trinajstić information content (AvgIpc) is 3.69. The number of rotatable bonds is 17. The van der Waals surface area contributed by atoms with E-state index in [0.29, 0.717) is 12.8 Å². The third kappa shape index (κ3) is 7.59. The van der Waals surface area contributed by atoms with Gasteiger partial charge in [0.1, 0.15) is 35.9 Å². The Labute approximate surface area is 314 Å². The highest BCUT2D eigenvalue weighted by Gasteiger charge is 2.76. The van der Waals surface area contributed by atoms with Crippen LogP contribution in [0.15, 0.2) is 54.6 Å². The van der Waals surface area contributed by atoms with Crippen molar-refractivity contribution in [3.8, 4) is 0 Å². The Balaban J connectivity index is 1.40. The van der Waals surface area contributed by atoms with Gasteiger partial charge < -0.3 is 29.5 Å². The fraction of sp³-hybridized carbons (Fsp3) is 0.615. The maximum Gasteiger partial charge on any atom is 0.327 e. The molecule has 1 aliphatic carbocycles. The molecule has 3 saturated heterocycles. The van der Waals surface area contributed by atoms with Crippen LogP contribution in [0.4, 0.5) is 0 Å². The molecule has 4 aliphatic rings. The van der Waals surface area contributed by atoms with Crippen molar-refractivity contribution >= 4 is 40.4 Å². The van der Waals surface area contributed by atoms with Gasteiger partial charge in [-0.15, -0.1) is 0 Å². The highest BCUT2D eigenvalue weighted by Crippen LogP contribution is 2.58. The molecule has 278 valence electrons. The molecular weight excluding hydrogens is 765 g/mol. The first-order chi connectivity index (χ1) is 24.7. The number of esters is 1. The summed E-state index contributed by atoms with van der Waals surface area (Å²) in [6.45, 7) is 4.40. The first-order valence-electron chi connectivity index (χ1n) is 18.6. The number of hydrogen-bond acceptors (Lipinski definition) is 9. The van der Waals surface area contributed by atoms with E-state index in [1.54, 1.807) is 12.1 Å². The molecule has 7 atom stereocenters. The number of hydroxylamine groups is 2. The molecule has 3 aliphatic heterocycles. The summed E-state index contributed by atoms with van der Waals surface area (Å²) in [6, 6.07) is 15.4. The lowest BCUT2D eigenvalue weighted by atomic mass is 9.62. The SMILES string of the molecule is CCCCCC1(CCCCC)O[C@@H]2[C@H]3ON(Cc4ccccc4I)[C@H]4C(=O)OC(CC34C(=O)N(C)[C@H](Cc3ccccc3)C(=O)NCCO)[C@@H]2O1. The smallest absolute Gasteiger partial charge is 0.327 e. The van der Waals surface area contributed by atoms with Gasteiger partial charge >= 0.3 is 5.97 Å². The second kappa shape index (κ2) is 16.6. The van der Waals surface area contributed by atoms with E-state index in [-0.39, 0.29) is 44.4 Å². The van der Waals surface area contributed by atoms with Gasteiger partial charge in [-0.1, -0.05) is 88.1 Å². The van der Waals surface area contributed by atoms with Crippen molar-refractivity contribution in [1.29, 1.82) is 0 Å². The molecule has 0 spiro atoms. The second-order valence-electron chi connectivity index (χ2n) is 14.4.